The van der Waals surface area contributed by atoms with Crippen molar-refractivity contribution >= 4 is 101 Å². The highest BCUT2D eigenvalue weighted by atomic mass is 32.1. The molecule has 1 aliphatic rings. The molecule has 8 nitrogen and oxygen atoms in total. The summed E-state index contributed by atoms with van der Waals surface area (Å²) in [4.78, 5) is 17.4. The molecule has 6 aromatic carbocycles. The first-order valence-corrected chi connectivity index (χ1v) is 44.5. The number of amides is 1. The van der Waals surface area contributed by atoms with Crippen LogP contribution in [-0.4, -0.2) is 106 Å². The van der Waals surface area contributed by atoms with E-state index in [-0.39, 0.29) is 65.7 Å². The minimum Gasteiger partial charge on any atom is -0.497 e. The summed E-state index contributed by atoms with van der Waals surface area (Å²) in [6.45, 7) is 29.1. The Morgan fingerprint density at radius 3 is 1.39 bits per heavy atom. The van der Waals surface area contributed by atoms with E-state index in [1.165, 1.54) is 22.7 Å². The molecule has 0 radical (unpaired) electrons. The van der Waals surface area contributed by atoms with Gasteiger partial charge >= 0.3 is 23.9 Å². The summed E-state index contributed by atoms with van der Waals surface area (Å²) in [5, 5.41) is 2.95. The summed E-state index contributed by atoms with van der Waals surface area (Å²) in [5.74, 6) is -15.2. The van der Waals surface area contributed by atoms with Gasteiger partial charge in [-0.1, -0.05) is 195 Å². The highest BCUT2D eigenvalue weighted by Gasteiger charge is 2.81. The molecule has 0 N–H and O–H groups in total. The summed E-state index contributed by atoms with van der Waals surface area (Å²) >= 11 is 3.76. The molecule has 1 amide bonds. The van der Waals surface area contributed by atoms with Gasteiger partial charge in [-0.2, -0.15) is 26.3 Å². The van der Waals surface area contributed by atoms with E-state index in [0.717, 1.165) is 58.3 Å². The van der Waals surface area contributed by atoms with Gasteiger partial charge in [-0.25, -0.2) is 4.79 Å². The van der Waals surface area contributed by atoms with E-state index in [9.17, 15) is 4.79 Å². The van der Waals surface area contributed by atoms with Gasteiger partial charge in [0.05, 0.1) is 28.3 Å². The fraction of sp³-hybridized carbons (Fsp3) is 0.378. The van der Waals surface area contributed by atoms with Crippen LogP contribution in [0.1, 0.15) is 106 Å². The number of methoxy groups -OCH3 is 1. The Balaban J connectivity index is 1.04. The lowest BCUT2D eigenvalue weighted by Crippen LogP contribution is -2.66. The predicted octanol–water partition coefficient (Wildman–Crippen LogP) is 19.7. The molecular weight excluding hydrogens is 1410 g/mol. The van der Waals surface area contributed by atoms with Crippen molar-refractivity contribution in [3.05, 3.63) is 220 Å². The second-order valence-electron chi connectivity index (χ2n) is 30.2. The van der Waals surface area contributed by atoms with Gasteiger partial charge < -0.3 is 32.7 Å². The number of carbonyl (C=O) groups is 1. The number of alkyl halides is 6. The normalized spacial score (nSPS) is 14.9. The van der Waals surface area contributed by atoms with Crippen LogP contribution in [0.2, 0.25) is 29.7 Å². The number of carbonyl (C=O) groups excluding carboxylic acids is 1. The number of hydrogen-bond donors (Lipinski definition) is 0. The van der Waals surface area contributed by atoms with Crippen molar-refractivity contribution < 1.29 is 58.9 Å². The minimum absolute atomic E-state index is 0.00246. The van der Waals surface area contributed by atoms with E-state index in [0.29, 0.717) is 47.2 Å². The molecule has 0 atom stereocenters. The van der Waals surface area contributed by atoms with E-state index < -0.39 is 75.4 Å². The van der Waals surface area contributed by atoms with Gasteiger partial charge in [-0.3, -0.25) is 0 Å². The maximum Gasteiger partial charge on any atom is 0.410 e. The quantitative estimate of drug-likeness (QED) is 0.0275. The van der Waals surface area contributed by atoms with E-state index in [1.807, 2.05) is 178 Å². The first-order chi connectivity index (χ1) is 48.1. The topological polar surface area (TPSA) is 75.7 Å². The van der Waals surface area contributed by atoms with Gasteiger partial charge in [0.1, 0.15) is 23.7 Å². The van der Waals surface area contributed by atoms with E-state index in [4.69, 9.17) is 27.8 Å². The summed E-state index contributed by atoms with van der Waals surface area (Å²) in [6, 6.07) is 58.8. The molecule has 10 rings (SSSR count). The number of allylic oxidation sites excluding steroid dienone is 2. The van der Waals surface area contributed by atoms with Crippen LogP contribution in [0.4, 0.5) is 31.1 Å². The average Bonchev–Trinajstić information content (AvgIpc) is 1.51. The first kappa shape index (κ1) is 77.7. The van der Waals surface area contributed by atoms with Crippen LogP contribution in [0.5, 0.6) is 11.5 Å². The highest BCUT2D eigenvalue weighted by molar-refractivity contribution is 7.27. The molecule has 9 aromatic rings. The molecule has 3 aromatic heterocycles. The van der Waals surface area contributed by atoms with Crippen molar-refractivity contribution in [2.45, 2.75) is 155 Å². The van der Waals surface area contributed by atoms with Gasteiger partial charge in [0.2, 0.25) is 0 Å². The van der Waals surface area contributed by atoms with E-state index in [2.05, 4.69) is 85.4 Å². The molecular formula is C82H95F6NO7S3Si3. The molecule has 102 heavy (non-hydrogen) atoms. The van der Waals surface area contributed by atoms with Gasteiger partial charge in [0, 0.05) is 73.0 Å². The van der Waals surface area contributed by atoms with Crippen LogP contribution in [0.25, 0.3) is 31.3 Å². The molecule has 1 aliphatic carbocycles. The fourth-order valence-corrected chi connectivity index (χ4v) is 29.4. The van der Waals surface area contributed by atoms with E-state index in [1.54, 1.807) is 25.9 Å². The number of halogens is 6. The Bertz CT molecular complexity index is 4250. The second-order valence-corrected chi connectivity index (χ2v) is 47.7. The van der Waals surface area contributed by atoms with Gasteiger partial charge in [0.25, 0.3) is 16.6 Å². The van der Waals surface area contributed by atoms with Gasteiger partial charge in [-0.05, 0) is 160 Å². The first-order valence-electron chi connectivity index (χ1n) is 34.8. The Hall–Kier alpha value is -6.86. The number of benzene rings is 6. The standard InChI is InChI=1S/C82H95F6NO7S3Si3/c1-56-70(72-73(81(85,86)82(87,88)80(72,83)84)71-57(2)98-75(100(13,14)15)67(71)48-53-95-102(79(9,10)11,64-33-24-18-25-34-64)65-35-26-19-27-36-65)66(47-52-94-101(78(6,7)8,62-29-20-16-21-30-62)63-31-22-17-23-32-63)74(97-56)69-46-45-68(99-69)59-39-43-61(44-40-59)93-54-50-89(76(90)96-77(3,4)5)49-28-51-92-55-58-37-41-60(91-12)42-38-58/h16-27,29-46H,28,47-55H2,1-15H3. The molecule has 3 heterocycles. The lowest BCUT2D eigenvalue weighted by molar-refractivity contribution is -0.254. The van der Waals surface area contributed by atoms with Gasteiger partial charge in [-0.15, -0.1) is 34.0 Å². The smallest absolute Gasteiger partial charge is 0.410 e. The molecule has 0 unspecified atom stereocenters. The number of thiophene rings is 3. The Morgan fingerprint density at radius 2 is 0.941 bits per heavy atom. The third-order valence-electron chi connectivity index (χ3n) is 18.8. The van der Waals surface area contributed by atoms with Crippen LogP contribution in [-0.2, 0) is 37.8 Å². The monoisotopic (exact) mass is 1500 g/mol. The predicted molar refractivity (Wildman–Crippen MR) is 417 cm³/mol. The number of rotatable bonds is 28. The van der Waals surface area contributed by atoms with Crippen LogP contribution >= 0.6 is 34.0 Å². The summed E-state index contributed by atoms with van der Waals surface area (Å²) in [6.07, 6.45) is 0.00678. The minimum atomic E-state index is -5.84. The van der Waals surface area contributed by atoms with Crippen molar-refractivity contribution in [1.82, 2.24) is 4.90 Å². The molecule has 0 saturated carbocycles. The van der Waals surface area contributed by atoms with Gasteiger partial charge in [0.15, 0.2) is 0 Å². The van der Waals surface area contributed by atoms with Crippen molar-refractivity contribution in [2.75, 3.05) is 46.6 Å². The molecule has 0 fully saturated rings. The third-order valence-corrected chi connectivity index (χ3v) is 36.1. The summed E-state index contributed by atoms with van der Waals surface area (Å²) in [5.41, 5.74) is -1.60. The zero-order valence-corrected chi connectivity index (χ0v) is 66.6. The Morgan fingerprint density at radius 1 is 0.500 bits per heavy atom. The summed E-state index contributed by atoms with van der Waals surface area (Å²) in [7, 11) is -7.52. The Labute approximate surface area is 614 Å². The number of aryl methyl sites for hydroxylation is 2. The van der Waals surface area contributed by atoms with Crippen LogP contribution in [0.3, 0.4) is 0 Å². The molecule has 0 spiro atoms. The largest absolute Gasteiger partial charge is 0.497 e. The number of nitrogens with zero attached hydrogens (tertiary/aromatic N) is 1. The molecule has 542 valence electrons. The molecule has 0 saturated heterocycles. The number of ether oxygens (including phenoxy) is 4. The van der Waals surface area contributed by atoms with Crippen molar-refractivity contribution in [3.63, 3.8) is 0 Å². The zero-order valence-electron chi connectivity index (χ0n) is 61.2. The molecule has 20 heteroatoms. The van der Waals surface area contributed by atoms with E-state index >= 15 is 26.3 Å². The number of hydrogen-bond acceptors (Lipinski definition) is 10. The lowest BCUT2D eigenvalue weighted by atomic mass is 9.89. The van der Waals surface area contributed by atoms with Crippen molar-refractivity contribution in [2.24, 2.45) is 0 Å². The lowest BCUT2D eigenvalue weighted by Gasteiger charge is -2.43. The van der Waals surface area contributed by atoms with Crippen LogP contribution in [0, 0.1) is 13.8 Å². The maximum atomic E-state index is 18.1. The summed E-state index contributed by atoms with van der Waals surface area (Å²) < 4.78 is 145. The van der Waals surface area contributed by atoms with Crippen LogP contribution in [0.15, 0.2) is 182 Å². The fourth-order valence-electron chi connectivity index (χ4n) is 14.1. The molecule has 0 bridgehead atoms. The maximum absolute atomic E-state index is 18.1. The average molecular weight is 1500 g/mol. The second kappa shape index (κ2) is 31.1. The van der Waals surface area contributed by atoms with Crippen molar-refractivity contribution in [1.29, 1.82) is 0 Å². The highest BCUT2D eigenvalue weighted by Crippen LogP contribution is 2.67. The Kier molecular flexibility index (Phi) is 23.7. The zero-order chi connectivity index (χ0) is 73.8. The van der Waals surface area contributed by atoms with Crippen molar-refractivity contribution in [3.8, 4) is 31.7 Å². The molecule has 0 aliphatic heterocycles. The third kappa shape index (κ3) is 15.9. The van der Waals surface area contributed by atoms with Crippen LogP contribution < -0.4 is 34.7 Å². The SMILES string of the molecule is COc1ccc(COCCCN(CCOc2ccc(-c3ccc(-c4sc(C)c(C5=C(c6c(C)sc([Si](C)(C)C)c6CCO[Si](c6ccccc6)(c6ccccc6)C(C)(C)C)C(F)(F)C(F)(F)C5(F)F)c4CCO[Si](c4ccccc4)(c4ccccc4)C(C)(C)C)s3)cc2)C(=O)OC(C)(C)C)cc1.